The third-order valence-corrected chi connectivity index (χ3v) is 6.21. The number of esters is 1. The molecule has 0 spiro atoms. The summed E-state index contributed by atoms with van der Waals surface area (Å²) in [5.41, 5.74) is 0.293. The standard InChI is InChI=1S/C20H23NO5S/c1-2-15-25-17-7-9-18(10-8-17)26-20(22)16-5-11-19(12-6-16)27(23,24)21-13-3-4-14-21/h5-12H,2-4,13-15H2,1H3. The molecule has 27 heavy (non-hydrogen) atoms. The van der Waals surface area contributed by atoms with Crippen LogP contribution in [-0.4, -0.2) is 38.4 Å². The fourth-order valence-electron chi connectivity index (χ4n) is 2.83. The number of benzene rings is 2. The van der Waals surface area contributed by atoms with Crippen molar-refractivity contribution in [2.24, 2.45) is 0 Å². The molecule has 0 saturated carbocycles. The Bertz CT molecular complexity index is 870. The van der Waals surface area contributed by atoms with Gasteiger partial charge in [0.15, 0.2) is 0 Å². The van der Waals surface area contributed by atoms with Crippen LogP contribution in [0.3, 0.4) is 0 Å². The predicted molar refractivity (Wildman–Crippen MR) is 102 cm³/mol. The average Bonchev–Trinajstić information content (AvgIpc) is 3.23. The maximum absolute atomic E-state index is 12.5. The third kappa shape index (κ3) is 4.67. The van der Waals surface area contributed by atoms with Crippen molar-refractivity contribution in [2.75, 3.05) is 19.7 Å². The molecule has 1 aliphatic heterocycles. The monoisotopic (exact) mass is 389 g/mol. The van der Waals surface area contributed by atoms with Gasteiger partial charge in [-0.25, -0.2) is 13.2 Å². The van der Waals surface area contributed by atoms with Gasteiger partial charge in [0.05, 0.1) is 17.1 Å². The molecule has 6 nitrogen and oxygen atoms in total. The number of carbonyl (C=O) groups excluding carboxylic acids is 1. The molecule has 7 heteroatoms. The van der Waals surface area contributed by atoms with Crippen LogP contribution in [0.5, 0.6) is 11.5 Å². The smallest absolute Gasteiger partial charge is 0.343 e. The molecule has 0 amide bonds. The lowest BCUT2D eigenvalue weighted by Gasteiger charge is -2.15. The van der Waals surface area contributed by atoms with E-state index in [0.717, 1.165) is 19.3 Å². The number of carbonyl (C=O) groups is 1. The van der Waals surface area contributed by atoms with Gasteiger partial charge < -0.3 is 9.47 Å². The van der Waals surface area contributed by atoms with E-state index in [0.29, 0.717) is 36.8 Å². The zero-order valence-corrected chi connectivity index (χ0v) is 16.1. The van der Waals surface area contributed by atoms with E-state index in [1.165, 1.54) is 28.6 Å². The molecule has 0 aliphatic carbocycles. The van der Waals surface area contributed by atoms with Crippen LogP contribution in [0.1, 0.15) is 36.5 Å². The van der Waals surface area contributed by atoms with Crippen LogP contribution in [0.25, 0.3) is 0 Å². The molecule has 0 unspecified atom stereocenters. The lowest BCUT2D eigenvalue weighted by Crippen LogP contribution is -2.27. The molecule has 3 rings (SSSR count). The van der Waals surface area contributed by atoms with E-state index in [9.17, 15) is 13.2 Å². The van der Waals surface area contributed by atoms with Crippen LogP contribution in [-0.2, 0) is 10.0 Å². The Balaban J connectivity index is 1.65. The summed E-state index contributed by atoms with van der Waals surface area (Å²) in [5.74, 6) is 0.577. The number of sulfonamides is 1. The first-order chi connectivity index (χ1) is 13.0. The molecule has 1 saturated heterocycles. The van der Waals surface area contributed by atoms with E-state index in [-0.39, 0.29) is 4.90 Å². The Labute approximate surface area is 159 Å². The van der Waals surface area contributed by atoms with Crippen molar-refractivity contribution in [1.82, 2.24) is 4.31 Å². The maximum atomic E-state index is 12.5. The first kappa shape index (κ1) is 19.4. The van der Waals surface area contributed by atoms with Crippen LogP contribution in [0, 0.1) is 0 Å². The zero-order chi connectivity index (χ0) is 19.3. The number of rotatable bonds is 7. The Morgan fingerprint density at radius 2 is 1.56 bits per heavy atom. The van der Waals surface area contributed by atoms with Gasteiger partial charge in [0.2, 0.25) is 10.0 Å². The van der Waals surface area contributed by atoms with Crippen molar-refractivity contribution in [3.05, 3.63) is 54.1 Å². The van der Waals surface area contributed by atoms with Crippen LogP contribution in [0.15, 0.2) is 53.4 Å². The summed E-state index contributed by atoms with van der Waals surface area (Å²) in [4.78, 5) is 12.5. The molecule has 0 N–H and O–H groups in total. The molecular weight excluding hydrogens is 366 g/mol. The van der Waals surface area contributed by atoms with Gasteiger partial charge in [-0.3, -0.25) is 0 Å². The molecule has 0 radical (unpaired) electrons. The summed E-state index contributed by atoms with van der Waals surface area (Å²) < 4.78 is 37.3. The second kappa shape index (κ2) is 8.54. The van der Waals surface area contributed by atoms with Crippen molar-refractivity contribution in [2.45, 2.75) is 31.1 Å². The largest absolute Gasteiger partial charge is 0.494 e. The fraction of sp³-hybridized carbons (Fsp3) is 0.350. The summed E-state index contributed by atoms with van der Waals surface area (Å²) in [6.07, 6.45) is 2.68. The number of ether oxygens (including phenoxy) is 2. The molecule has 144 valence electrons. The highest BCUT2D eigenvalue weighted by atomic mass is 32.2. The molecule has 0 bridgehead atoms. The number of nitrogens with zero attached hydrogens (tertiary/aromatic N) is 1. The first-order valence-corrected chi connectivity index (χ1v) is 10.5. The Morgan fingerprint density at radius 3 is 2.15 bits per heavy atom. The van der Waals surface area contributed by atoms with E-state index in [4.69, 9.17) is 9.47 Å². The topological polar surface area (TPSA) is 72.9 Å². The summed E-state index contributed by atoms with van der Waals surface area (Å²) in [6.45, 7) is 3.75. The van der Waals surface area contributed by atoms with E-state index >= 15 is 0 Å². The fourth-order valence-corrected chi connectivity index (χ4v) is 4.35. The van der Waals surface area contributed by atoms with Crippen LogP contribution in [0.4, 0.5) is 0 Å². The normalized spacial score (nSPS) is 14.9. The van der Waals surface area contributed by atoms with Gasteiger partial charge in [0, 0.05) is 13.1 Å². The molecular formula is C20H23NO5S. The second-order valence-electron chi connectivity index (χ2n) is 6.34. The van der Waals surface area contributed by atoms with Gasteiger partial charge >= 0.3 is 5.97 Å². The highest BCUT2D eigenvalue weighted by molar-refractivity contribution is 7.89. The Hall–Kier alpha value is -2.38. The highest BCUT2D eigenvalue weighted by Crippen LogP contribution is 2.22. The zero-order valence-electron chi connectivity index (χ0n) is 15.3. The SMILES string of the molecule is CCCOc1ccc(OC(=O)c2ccc(S(=O)(=O)N3CCCC3)cc2)cc1. The van der Waals surface area contributed by atoms with Crippen LogP contribution >= 0.6 is 0 Å². The Morgan fingerprint density at radius 1 is 0.963 bits per heavy atom. The van der Waals surface area contributed by atoms with Crippen molar-refractivity contribution in [3.63, 3.8) is 0 Å². The molecule has 1 heterocycles. The minimum absolute atomic E-state index is 0.193. The third-order valence-electron chi connectivity index (χ3n) is 4.30. The molecule has 1 aliphatic rings. The maximum Gasteiger partial charge on any atom is 0.343 e. The van der Waals surface area contributed by atoms with Gasteiger partial charge in [-0.05, 0) is 67.8 Å². The minimum atomic E-state index is -3.49. The van der Waals surface area contributed by atoms with Crippen LogP contribution < -0.4 is 9.47 Å². The summed E-state index contributed by atoms with van der Waals surface area (Å²) in [5, 5.41) is 0. The lowest BCUT2D eigenvalue weighted by atomic mass is 10.2. The van der Waals surface area contributed by atoms with E-state index in [1.54, 1.807) is 24.3 Å². The molecule has 0 atom stereocenters. The Kier molecular flexibility index (Phi) is 6.13. The molecule has 0 aromatic heterocycles. The number of hydrogen-bond donors (Lipinski definition) is 0. The number of hydrogen-bond acceptors (Lipinski definition) is 5. The van der Waals surface area contributed by atoms with Crippen molar-refractivity contribution in [1.29, 1.82) is 0 Å². The predicted octanol–water partition coefficient (Wildman–Crippen LogP) is 3.48. The van der Waals surface area contributed by atoms with E-state index < -0.39 is 16.0 Å². The summed E-state index contributed by atoms with van der Waals surface area (Å²) >= 11 is 0. The van der Waals surface area contributed by atoms with Crippen molar-refractivity contribution in [3.8, 4) is 11.5 Å². The van der Waals surface area contributed by atoms with Gasteiger partial charge in [-0.1, -0.05) is 6.92 Å². The summed E-state index contributed by atoms with van der Waals surface area (Å²) in [7, 11) is -3.49. The lowest BCUT2D eigenvalue weighted by molar-refractivity contribution is 0.0734. The molecule has 2 aromatic rings. The van der Waals surface area contributed by atoms with Gasteiger partial charge in [0.1, 0.15) is 11.5 Å². The minimum Gasteiger partial charge on any atom is -0.494 e. The van der Waals surface area contributed by atoms with Crippen LogP contribution in [0.2, 0.25) is 0 Å². The van der Waals surface area contributed by atoms with Gasteiger partial charge in [-0.15, -0.1) is 0 Å². The van der Waals surface area contributed by atoms with Gasteiger partial charge in [0.25, 0.3) is 0 Å². The first-order valence-electron chi connectivity index (χ1n) is 9.06. The van der Waals surface area contributed by atoms with E-state index in [2.05, 4.69) is 0 Å². The van der Waals surface area contributed by atoms with Crippen molar-refractivity contribution >= 4 is 16.0 Å². The second-order valence-corrected chi connectivity index (χ2v) is 8.28. The average molecular weight is 389 g/mol. The van der Waals surface area contributed by atoms with Crippen molar-refractivity contribution < 1.29 is 22.7 Å². The quantitative estimate of drug-likeness (QED) is 0.535. The summed E-state index contributed by atoms with van der Waals surface area (Å²) in [6, 6.07) is 12.7. The molecule has 1 fully saturated rings. The molecule has 2 aromatic carbocycles. The highest BCUT2D eigenvalue weighted by Gasteiger charge is 2.27. The van der Waals surface area contributed by atoms with Gasteiger partial charge in [-0.2, -0.15) is 4.31 Å². The van der Waals surface area contributed by atoms with E-state index in [1.807, 2.05) is 6.92 Å².